The molecule has 0 spiro atoms. The van der Waals surface area contributed by atoms with Crippen molar-refractivity contribution in [2.45, 2.75) is 12.8 Å². The minimum atomic E-state index is 0.114. The molecule has 1 heterocycles. The Morgan fingerprint density at radius 2 is 1.83 bits per heavy atom. The fourth-order valence-electron chi connectivity index (χ4n) is 3.64. The lowest BCUT2D eigenvalue weighted by molar-refractivity contribution is 0.0741. The fraction of sp³-hybridized carbons (Fsp3) is 0.381. The van der Waals surface area contributed by atoms with Crippen LogP contribution in [-0.4, -0.2) is 49.4 Å². The van der Waals surface area contributed by atoms with E-state index >= 15 is 0 Å². The van der Waals surface area contributed by atoms with Crippen LogP contribution < -0.4 is 0 Å². The van der Waals surface area contributed by atoms with Gasteiger partial charge in [0.05, 0.1) is 0 Å². The zero-order valence-corrected chi connectivity index (χ0v) is 14.6. The number of benzene rings is 2. The van der Waals surface area contributed by atoms with Gasteiger partial charge in [-0.2, -0.15) is 0 Å². The number of nitrogens with zero attached hydrogens (tertiary/aromatic N) is 2. The summed E-state index contributed by atoms with van der Waals surface area (Å²) >= 11 is 0. The van der Waals surface area contributed by atoms with Gasteiger partial charge in [-0.25, -0.2) is 0 Å². The van der Waals surface area contributed by atoms with Gasteiger partial charge in [-0.15, -0.1) is 0 Å². The molecule has 1 fully saturated rings. The first-order valence-electron chi connectivity index (χ1n) is 8.73. The zero-order chi connectivity index (χ0) is 16.9. The number of rotatable bonds is 4. The summed E-state index contributed by atoms with van der Waals surface area (Å²) in [6.45, 7) is 3.08. The Hall–Kier alpha value is -2.13. The van der Waals surface area contributed by atoms with Crippen LogP contribution >= 0.6 is 0 Å². The highest BCUT2D eigenvalue weighted by molar-refractivity contribution is 6.00. The van der Waals surface area contributed by atoms with Crippen LogP contribution in [0.25, 0.3) is 11.1 Å². The van der Waals surface area contributed by atoms with Crippen molar-refractivity contribution in [3.63, 3.8) is 0 Å². The largest absolute Gasteiger partial charge is 0.341 e. The summed E-state index contributed by atoms with van der Waals surface area (Å²) in [5.74, 6) is 0.685. The number of hydrogen-bond acceptors (Lipinski definition) is 2. The maximum absolute atomic E-state index is 13.0. The third-order valence-corrected chi connectivity index (χ3v) is 4.84. The van der Waals surface area contributed by atoms with Crippen LogP contribution in [0, 0.1) is 5.92 Å². The number of carbonyl (C=O) groups excluding carboxylic acids is 1. The molecule has 0 bridgehead atoms. The Morgan fingerprint density at radius 3 is 2.58 bits per heavy atom. The normalized spacial score (nSPS) is 18.3. The van der Waals surface area contributed by atoms with E-state index in [1.54, 1.807) is 0 Å². The van der Waals surface area contributed by atoms with Crippen LogP contribution in [0.1, 0.15) is 23.2 Å². The molecule has 1 saturated heterocycles. The molecule has 24 heavy (non-hydrogen) atoms. The van der Waals surface area contributed by atoms with Crippen LogP contribution in [0.4, 0.5) is 0 Å². The summed E-state index contributed by atoms with van der Waals surface area (Å²) in [6.07, 6.45) is 2.44. The van der Waals surface area contributed by atoms with Crippen molar-refractivity contribution in [3.05, 3.63) is 60.2 Å². The number of piperidine rings is 1. The van der Waals surface area contributed by atoms with E-state index in [2.05, 4.69) is 24.1 Å². The van der Waals surface area contributed by atoms with Crippen LogP contribution in [0.2, 0.25) is 0 Å². The summed E-state index contributed by atoms with van der Waals surface area (Å²) in [4.78, 5) is 17.3. The molecule has 1 atom stereocenters. The highest BCUT2D eigenvalue weighted by Crippen LogP contribution is 2.25. The van der Waals surface area contributed by atoms with Crippen molar-refractivity contribution in [2.24, 2.45) is 5.92 Å². The van der Waals surface area contributed by atoms with E-state index in [1.807, 2.05) is 54.4 Å². The molecule has 2 aromatic carbocycles. The molecule has 0 N–H and O–H groups in total. The Morgan fingerprint density at radius 1 is 1.12 bits per heavy atom. The van der Waals surface area contributed by atoms with E-state index in [1.165, 1.54) is 19.4 Å². The topological polar surface area (TPSA) is 23.6 Å². The molecule has 1 amide bonds. The van der Waals surface area contributed by atoms with Gasteiger partial charge in [0.25, 0.3) is 5.91 Å². The van der Waals surface area contributed by atoms with E-state index in [-0.39, 0.29) is 5.91 Å². The van der Waals surface area contributed by atoms with E-state index < -0.39 is 0 Å². The van der Waals surface area contributed by atoms with Crippen molar-refractivity contribution in [3.8, 4) is 11.1 Å². The Labute approximate surface area is 144 Å². The lowest BCUT2D eigenvalue weighted by Crippen LogP contribution is -2.40. The lowest BCUT2D eigenvalue weighted by Gasteiger charge is -2.32. The highest BCUT2D eigenvalue weighted by Gasteiger charge is 2.22. The number of carbonyl (C=O) groups is 1. The van der Waals surface area contributed by atoms with Crippen molar-refractivity contribution in [2.75, 3.05) is 33.7 Å². The predicted octanol–water partition coefficient (Wildman–Crippen LogP) is 3.77. The molecule has 3 nitrogen and oxygen atoms in total. The molecule has 126 valence electrons. The zero-order valence-electron chi connectivity index (χ0n) is 14.6. The first kappa shape index (κ1) is 16.7. The molecule has 3 rings (SSSR count). The first-order valence-corrected chi connectivity index (χ1v) is 8.73. The molecule has 0 unspecified atom stereocenters. The average molecular weight is 322 g/mol. The third kappa shape index (κ3) is 3.85. The quantitative estimate of drug-likeness (QED) is 0.855. The Balaban J connectivity index is 1.77. The molecule has 2 aromatic rings. The third-order valence-electron chi connectivity index (χ3n) is 4.84. The maximum Gasteiger partial charge on any atom is 0.254 e. The van der Waals surface area contributed by atoms with Gasteiger partial charge in [0, 0.05) is 25.7 Å². The molecule has 1 aliphatic heterocycles. The Kier molecular flexibility index (Phi) is 5.31. The van der Waals surface area contributed by atoms with E-state index in [0.717, 1.165) is 29.8 Å². The van der Waals surface area contributed by atoms with Gasteiger partial charge in [-0.1, -0.05) is 48.5 Å². The second kappa shape index (κ2) is 7.63. The molecule has 0 aromatic heterocycles. The summed E-state index contributed by atoms with van der Waals surface area (Å²) in [6, 6.07) is 18.1. The van der Waals surface area contributed by atoms with Crippen LogP contribution in [0.3, 0.4) is 0 Å². The molecular formula is C21H26N2O. The maximum atomic E-state index is 13.0. The Bertz CT molecular complexity index is 683. The molecule has 1 aliphatic rings. The monoisotopic (exact) mass is 322 g/mol. The minimum absolute atomic E-state index is 0.114. The van der Waals surface area contributed by atoms with Gasteiger partial charge >= 0.3 is 0 Å². The first-order chi connectivity index (χ1) is 11.6. The summed E-state index contributed by atoms with van der Waals surface area (Å²) in [5.41, 5.74) is 2.89. The van der Waals surface area contributed by atoms with E-state index in [4.69, 9.17) is 0 Å². The summed E-state index contributed by atoms with van der Waals surface area (Å²) < 4.78 is 0. The highest BCUT2D eigenvalue weighted by atomic mass is 16.2. The van der Waals surface area contributed by atoms with Crippen molar-refractivity contribution < 1.29 is 4.79 Å². The van der Waals surface area contributed by atoms with Crippen molar-refractivity contribution >= 4 is 5.91 Å². The molecule has 0 aliphatic carbocycles. The van der Waals surface area contributed by atoms with Gasteiger partial charge in [-0.3, -0.25) is 4.79 Å². The van der Waals surface area contributed by atoms with E-state index in [0.29, 0.717) is 5.92 Å². The van der Waals surface area contributed by atoms with Gasteiger partial charge in [0.15, 0.2) is 0 Å². The van der Waals surface area contributed by atoms with Crippen LogP contribution in [0.15, 0.2) is 54.6 Å². The summed E-state index contributed by atoms with van der Waals surface area (Å²) in [7, 11) is 4.09. The van der Waals surface area contributed by atoms with Gasteiger partial charge in [0.2, 0.25) is 0 Å². The standard InChI is InChI=1S/C21H26N2O/c1-22-14-8-9-17(15-22)16-23(2)21(24)20-13-7-6-12-19(20)18-10-4-3-5-11-18/h3-7,10-13,17H,8-9,14-16H2,1-2H3/t17-/m1/s1. The minimum Gasteiger partial charge on any atom is -0.341 e. The second-order valence-corrected chi connectivity index (χ2v) is 6.87. The fourth-order valence-corrected chi connectivity index (χ4v) is 3.64. The number of likely N-dealkylation sites (tertiary alicyclic amines) is 1. The molecule has 0 saturated carbocycles. The lowest BCUT2D eigenvalue weighted by atomic mass is 9.96. The molecule has 3 heteroatoms. The summed E-state index contributed by atoms with van der Waals surface area (Å²) in [5, 5.41) is 0. The van der Waals surface area contributed by atoms with Gasteiger partial charge in [0.1, 0.15) is 0 Å². The van der Waals surface area contributed by atoms with Gasteiger partial charge < -0.3 is 9.80 Å². The predicted molar refractivity (Wildman–Crippen MR) is 99.1 cm³/mol. The second-order valence-electron chi connectivity index (χ2n) is 6.87. The van der Waals surface area contributed by atoms with Gasteiger partial charge in [-0.05, 0) is 49.5 Å². The van der Waals surface area contributed by atoms with Crippen LogP contribution in [-0.2, 0) is 0 Å². The van der Waals surface area contributed by atoms with Crippen LogP contribution in [0.5, 0.6) is 0 Å². The molecule has 0 radical (unpaired) electrons. The number of amides is 1. The number of hydrogen-bond donors (Lipinski definition) is 0. The molecular weight excluding hydrogens is 296 g/mol. The smallest absolute Gasteiger partial charge is 0.254 e. The SMILES string of the molecule is CN1CCC[C@@H](CN(C)C(=O)c2ccccc2-c2ccccc2)C1. The van der Waals surface area contributed by atoms with E-state index in [9.17, 15) is 4.79 Å². The van der Waals surface area contributed by atoms with Crippen molar-refractivity contribution in [1.82, 2.24) is 9.80 Å². The van der Waals surface area contributed by atoms with Crippen molar-refractivity contribution in [1.29, 1.82) is 0 Å². The average Bonchev–Trinajstić information content (AvgIpc) is 2.62.